The summed E-state index contributed by atoms with van der Waals surface area (Å²) in [6.07, 6.45) is -0.954. The molecular weight excluding hydrogens is 436 g/mol. The smallest absolute Gasteiger partial charge is 0.317 e. The van der Waals surface area contributed by atoms with Crippen LogP contribution in [0, 0.1) is 0 Å². The van der Waals surface area contributed by atoms with E-state index in [-0.39, 0.29) is 11.9 Å². The third-order valence-electron chi connectivity index (χ3n) is 5.26. The van der Waals surface area contributed by atoms with Crippen LogP contribution in [0.5, 0.6) is 0 Å². The number of fused-ring (bicyclic) bond motifs is 2. The highest BCUT2D eigenvalue weighted by molar-refractivity contribution is 7.16. The lowest BCUT2D eigenvalue weighted by Crippen LogP contribution is -2.32. The fraction of sp³-hybridized carbons (Fsp3) is 0.0417. The van der Waals surface area contributed by atoms with E-state index in [4.69, 9.17) is 9.41 Å². The molecule has 0 bridgehead atoms. The first-order valence-electron chi connectivity index (χ1n) is 10.2. The van der Waals surface area contributed by atoms with Crippen molar-refractivity contribution in [2.75, 3.05) is 10.6 Å². The van der Waals surface area contributed by atoms with Gasteiger partial charge in [0, 0.05) is 16.7 Å². The summed E-state index contributed by atoms with van der Waals surface area (Å²) >= 11 is 1.54. The summed E-state index contributed by atoms with van der Waals surface area (Å²) in [5.74, 6) is 0.0246. The Balaban J connectivity index is 1.34. The number of aromatic nitrogens is 3. The maximum Gasteiger partial charge on any atom is 0.317 e. The molecule has 0 saturated heterocycles. The number of benzene rings is 3. The zero-order chi connectivity index (χ0) is 22.2. The third kappa shape index (κ3) is 3.64. The van der Waals surface area contributed by atoms with Crippen LogP contribution in [0.1, 0.15) is 11.1 Å². The summed E-state index contributed by atoms with van der Waals surface area (Å²) in [5, 5.41) is 14.1. The maximum absolute atomic E-state index is 13.0. The first kappa shape index (κ1) is 19.3. The van der Waals surface area contributed by atoms with Crippen molar-refractivity contribution in [2.45, 2.75) is 6.17 Å². The molecule has 5 aromatic rings. The molecule has 2 N–H and O–H groups in total. The summed E-state index contributed by atoms with van der Waals surface area (Å²) in [6, 6.07) is 23.2. The normalized spacial score (nSPS) is 15.5. The fourth-order valence-electron chi connectivity index (χ4n) is 3.68. The van der Waals surface area contributed by atoms with Crippen molar-refractivity contribution < 1.29 is 9.21 Å². The second-order valence-corrected chi connectivity index (χ2v) is 8.26. The number of carbonyl (C=O) groups excluding carboxylic acids is 1. The lowest BCUT2D eigenvalue weighted by Gasteiger charge is -2.11. The van der Waals surface area contributed by atoms with Gasteiger partial charge in [-0.25, -0.2) is 9.98 Å². The Hall–Kier alpha value is -4.37. The van der Waals surface area contributed by atoms with Crippen LogP contribution in [0.3, 0.4) is 0 Å². The highest BCUT2D eigenvalue weighted by atomic mass is 32.1. The fourth-order valence-corrected chi connectivity index (χ4v) is 4.40. The Kier molecular flexibility index (Phi) is 4.66. The van der Waals surface area contributed by atoms with Gasteiger partial charge in [-0.15, -0.1) is 16.4 Å². The van der Waals surface area contributed by atoms with Gasteiger partial charge in [-0.05, 0) is 24.3 Å². The molecule has 2 aromatic heterocycles. The molecule has 1 amide bonds. The number of rotatable bonds is 4. The van der Waals surface area contributed by atoms with Crippen molar-refractivity contribution in [3.05, 3.63) is 89.4 Å². The van der Waals surface area contributed by atoms with Gasteiger partial charge < -0.3 is 15.1 Å². The number of aliphatic imine (C=N–C) groups is 1. The standard InChI is InChI=1S/C24H16N6O2S/c31-22-21(27-20(14-6-2-1-3-7-14)16-8-4-5-9-17(16)26-22)28-24-30-29-23(32-24)15-10-11-18-19(12-15)33-13-25-18/h1-13,21H,(H,26,31)(H,28,30)/t21-/m1/s1. The monoisotopic (exact) mass is 452 g/mol. The molecule has 3 aromatic carbocycles. The van der Waals surface area contributed by atoms with Gasteiger partial charge in [0.1, 0.15) is 0 Å². The molecule has 0 fully saturated rings. The second-order valence-electron chi connectivity index (χ2n) is 7.37. The van der Waals surface area contributed by atoms with Gasteiger partial charge in [0.2, 0.25) is 12.1 Å². The van der Waals surface area contributed by atoms with Crippen LogP contribution in [0.2, 0.25) is 0 Å². The van der Waals surface area contributed by atoms with E-state index in [0.29, 0.717) is 17.3 Å². The van der Waals surface area contributed by atoms with E-state index < -0.39 is 6.17 Å². The molecule has 0 spiro atoms. The van der Waals surface area contributed by atoms with Crippen LogP contribution < -0.4 is 10.6 Å². The van der Waals surface area contributed by atoms with Gasteiger partial charge >= 0.3 is 6.01 Å². The largest absolute Gasteiger partial charge is 0.403 e. The topological polar surface area (TPSA) is 105 Å². The Bertz CT molecular complexity index is 1510. The minimum absolute atomic E-state index is 0.108. The van der Waals surface area contributed by atoms with Crippen molar-refractivity contribution >= 4 is 44.9 Å². The third-order valence-corrected chi connectivity index (χ3v) is 6.05. The van der Waals surface area contributed by atoms with E-state index in [9.17, 15) is 4.79 Å². The number of anilines is 2. The molecule has 33 heavy (non-hydrogen) atoms. The van der Waals surface area contributed by atoms with Crippen LogP contribution in [0.25, 0.3) is 21.7 Å². The van der Waals surface area contributed by atoms with Gasteiger partial charge in [0.05, 0.1) is 27.1 Å². The van der Waals surface area contributed by atoms with Crippen molar-refractivity contribution in [1.29, 1.82) is 0 Å². The zero-order valence-corrected chi connectivity index (χ0v) is 17.9. The van der Waals surface area contributed by atoms with Crippen LogP contribution in [-0.4, -0.2) is 33.0 Å². The van der Waals surface area contributed by atoms with Gasteiger partial charge in [-0.2, -0.15) is 0 Å². The molecular formula is C24H16N6O2S. The molecule has 1 aliphatic rings. The predicted octanol–water partition coefficient (Wildman–Crippen LogP) is 4.57. The lowest BCUT2D eigenvalue weighted by molar-refractivity contribution is -0.116. The van der Waals surface area contributed by atoms with Crippen molar-refractivity contribution in [3.8, 4) is 11.5 Å². The zero-order valence-electron chi connectivity index (χ0n) is 17.1. The van der Waals surface area contributed by atoms with Crippen LogP contribution >= 0.6 is 11.3 Å². The molecule has 6 rings (SSSR count). The molecule has 0 unspecified atom stereocenters. The van der Waals surface area contributed by atoms with E-state index in [1.807, 2.05) is 72.8 Å². The molecule has 0 radical (unpaired) electrons. The highest BCUT2D eigenvalue weighted by Crippen LogP contribution is 2.28. The summed E-state index contributed by atoms with van der Waals surface area (Å²) in [5.41, 5.74) is 6.61. The number of benzodiazepines with no additional fused rings is 1. The Labute approximate surface area is 192 Å². The SMILES string of the molecule is O=C1Nc2ccccc2C(c2ccccc2)=N[C@@H]1Nc1nnc(-c2ccc3ncsc3c2)o1. The molecule has 3 heterocycles. The average molecular weight is 452 g/mol. The summed E-state index contributed by atoms with van der Waals surface area (Å²) in [4.78, 5) is 22.0. The first-order chi connectivity index (χ1) is 16.2. The van der Waals surface area contributed by atoms with Crippen molar-refractivity contribution in [3.63, 3.8) is 0 Å². The average Bonchev–Trinajstić information content (AvgIpc) is 3.49. The summed E-state index contributed by atoms with van der Waals surface area (Å²) in [7, 11) is 0. The molecule has 8 nitrogen and oxygen atoms in total. The number of thiazole rings is 1. The number of nitrogens with one attached hydrogen (secondary N) is 2. The highest BCUT2D eigenvalue weighted by Gasteiger charge is 2.27. The minimum atomic E-state index is -0.954. The van der Waals surface area contributed by atoms with Gasteiger partial charge in [-0.1, -0.05) is 53.6 Å². The second kappa shape index (κ2) is 7.95. The summed E-state index contributed by atoms with van der Waals surface area (Å²) in [6.45, 7) is 0. The number of nitrogens with zero attached hydrogens (tertiary/aromatic N) is 4. The molecule has 0 aliphatic carbocycles. The number of amides is 1. The van der Waals surface area contributed by atoms with Crippen molar-refractivity contribution in [1.82, 2.24) is 15.2 Å². The molecule has 1 atom stereocenters. The Morgan fingerprint density at radius 3 is 2.70 bits per heavy atom. The first-order valence-corrected chi connectivity index (χ1v) is 11.1. The molecule has 1 aliphatic heterocycles. The van der Waals surface area contributed by atoms with Crippen LogP contribution in [-0.2, 0) is 4.79 Å². The molecule has 0 saturated carbocycles. The van der Waals surface area contributed by atoms with E-state index in [1.54, 1.807) is 5.51 Å². The lowest BCUT2D eigenvalue weighted by atomic mass is 10.0. The van der Waals surface area contributed by atoms with Gasteiger partial charge in [-0.3, -0.25) is 4.79 Å². The molecule has 160 valence electrons. The van der Waals surface area contributed by atoms with E-state index in [0.717, 1.165) is 26.9 Å². The quantitative estimate of drug-likeness (QED) is 0.414. The van der Waals surface area contributed by atoms with E-state index in [1.165, 1.54) is 11.3 Å². The van der Waals surface area contributed by atoms with E-state index >= 15 is 0 Å². The van der Waals surface area contributed by atoms with Gasteiger partial charge in [0.15, 0.2) is 0 Å². The Morgan fingerprint density at radius 2 is 1.79 bits per heavy atom. The number of hydrogen-bond donors (Lipinski definition) is 2. The summed E-state index contributed by atoms with van der Waals surface area (Å²) < 4.78 is 6.83. The molecule has 9 heteroatoms. The minimum Gasteiger partial charge on any atom is -0.403 e. The van der Waals surface area contributed by atoms with Crippen LogP contribution in [0.15, 0.2) is 87.7 Å². The Morgan fingerprint density at radius 1 is 0.939 bits per heavy atom. The maximum atomic E-state index is 13.0. The van der Waals surface area contributed by atoms with Crippen LogP contribution in [0.4, 0.5) is 11.7 Å². The number of para-hydroxylation sites is 1. The van der Waals surface area contributed by atoms with Gasteiger partial charge in [0.25, 0.3) is 5.91 Å². The van der Waals surface area contributed by atoms with Crippen molar-refractivity contribution in [2.24, 2.45) is 4.99 Å². The predicted molar refractivity (Wildman–Crippen MR) is 127 cm³/mol. The number of hydrogen-bond acceptors (Lipinski definition) is 8. The van der Waals surface area contributed by atoms with E-state index in [2.05, 4.69) is 25.8 Å². The number of carbonyl (C=O) groups is 1.